The zero-order valence-corrected chi connectivity index (χ0v) is 9.54. The Kier molecular flexibility index (Phi) is 3.72. The summed E-state index contributed by atoms with van der Waals surface area (Å²) >= 11 is 0. The van der Waals surface area contributed by atoms with Crippen LogP contribution >= 0.6 is 0 Å². The fourth-order valence-electron chi connectivity index (χ4n) is 2.10. The molecule has 4 heteroatoms. The van der Waals surface area contributed by atoms with E-state index in [4.69, 9.17) is 9.47 Å². The second-order valence-corrected chi connectivity index (χ2v) is 4.25. The molecule has 86 valence electrons. The van der Waals surface area contributed by atoms with Crippen molar-refractivity contribution in [1.29, 1.82) is 0 Å². The lowest BCUT2D eigenvalue weighted by molar-refractivity contribution is -0.187. The Morgan fingerprint density at radius 3 is 2.40 bits per heavy atom. The van der Waals surface area contributed by atoms with E-state index in [0.29, 0.717) is 0 Å². The van der Waals surface area contributed by atoms with E-state index in [0.717, 1.165) is 25.7 Å². The first kappa shape index (κ1) is 12.0. The first-order valence-electron chi connectivity index (χ1n) is 5.31. The zero-order chi connectivity index (χ0) is 11.5. The van der Waals surface area contributed by atoms with Gasteiger partial charge in [0, 0.05) is 13.8 Å². The largest absolute Gasteiger partial charge is 0.458 e. The lowest BCUT2D eigenvalue weighted by Crippen LogP contribution is -2.47. The van der Waals surface area contributed by atoms with Gasteiger partial charge in [-0.3, -0.25) is 9.59 Å². The maximum atomic E-state index is 11.0. The lowest BCUT2D eigenvalue weighted by atomic mass is 9.83. The quantitative estimate of drug-likeness (QED) is 0.658. The van der Waals surface area contributed by atoms with Crippen molar-refractivity contribution in [2.24, 2.45) is 0 Å². The van der Waals surface area contributed by atoms with Gasteiger partial charge in [0.2, 0.25) is 0 Å². The molecule has 2 atom stereocenters. The molecule has 0 aromatic rings. The van der Waals surface area contributed by atoms with E-state index in [-0.39, 0.29) is 18.0 Å². The first-order valence-corrected chi connectivity index (χ1v) is 5.31. The Morgan fingerprint density at radius 2 is 1.87 bits per heavy atom. The number of ether oxygens (including phenoxy) is 2. The topological polar surface area (TPSA) is 52.6 Å². The van der Waals surface area contributed by atoms with E-state index < -0.39 is 5.60 Å². The summed E-state index contributed by atoms with van der Waals surface area (Å²) in [5.74, 6) is -0.642. The summed E-state index contributed by atoms with van der Waals surface area (Å²) in [6.07, 6.45) is 3.23. The van der Waals surface area contributed by atoms with E-state index in [1.165, 1.54) is 13.8 Å². The second-order valence-electron chi connectivity index (χ2n) is 4.25. The minimum absolute atomic E-state index is 0.298. The monoisotopic (exact) mass is 214 g/mol. The molecule has 0 spiro atoms. The molecular formula is C11H18O4. The van der Waals surface area contributed by atoms with Crippen LogP contribution in [0.3, 0.4) is 0 Å². The number of rotatable bonds is 2. The molecule has 15 heavy (non-hydrogen) atoms. The molecule has 0 aliphatic heterocycles. The summed E-state index contributed by atoms with van der Waals surface area (Å²) in [5, 5.41) is 0. The SMILES string of the molecule is CC(=O)O[C@H]1CCCC[C@@]1(C)OC(C)=O. The molecule has 1 fully saturated rings. The normalized spacial score (nSPS) is 30.7. The van der Waals surface area contributed by atoms with Crippen LogP contribution in [-0.4, -0.2) is 23.6 Å². The number of carbonyl (C=O) groups is 2. The molecule has 0 aromatic carbocycles. The Hall–Kier alpha value is -1.06. The number of hydrogen-bond donors (Lipinski definition) is 0. The standard InChI is InChI=1S/C11H18O4/c1-8(12)14-10-6-4-5-7-11(10,3)15-9(2)13/h10H,4-7H2,1-3H3/t10-,11+/m0/s1. The van der Waals surface area contributed by atoms with Crippen molar-refractivity contribution in [2.75, 3.05) is 0 Å². The van der Waals surface area contributed by atoms with E-state index in [2.05, 4.69) is 0 Å². The van der Waals surface area contributed by atoms with E-state index in [1.807, 2.05) is 6.92 Å². The molecule has 0 amide bonds. The first-order chi connectivity index (χ1) is 6.94. The summed E-state index contributed by atoms with van der Waals surface area (Å²) in [5.41, 5.74) is -0.643. The van der Waals surface area contributed by atoms with Crippen molar-refractivity contribution >= 4 is 11.9 Å². The smallest absolute Gasteiger partial charge is 0.303 e. The number of carbonyl (C=O) groups excluding carboxylic acids is 2. The van der Waals surface area contributed by atoms with Crippen molar-refractivity contribution in [3.8, 4) is 0 Å². The van der Waals surface area contributed by atoms with E-state index in [9.17, 15) is 9.59 Å². The summed E-state index contributed by atoms with van der Waals surface area (Å²) < 4.78 is 10.5. The van der Waals surface area contributed by atoms with Crippen LogP contribution in [0.2, 0.25) is 0 Å². The molecule has 0 bridgehead atoms. The van der Waals surface area contributed by atoms with Crippen molar-refractivity contribution in [1.82, 2.24) is 0 Å². The van der Waals surface area contributed by atoms with Crippen LogP contribution in [0.1, 0.15) is 46.5 Å². The predicted molar refractivity (Wildman–Crippen MR) is 54.2 cm³/mol. The minimum Gasteiger partial charge on any atom is -0.458 e. The van der Waals surface area contributed by atoms with Gasteiger partial charge in [-0.1, -0.05) is 0 Å². The molecule has 0 radical (unpaired) electrons. The van der Waals surface area contributed by atoms with E-state index in [1.54, 1.807) is 0 Å². The summed E-state index contributed by atoms with van der Waals surface area (Å²) in [7, 11) is 0. The van der Waals surface area contributed by atoms with E-state index >= 15 is 0 Å². The predicted octanol–water partition coefficient (Wildman–Crippen LogP) is 1.81. The number of esters is 2. The van der Waals surface area contributed by atoms with Crippen LogP contribution in [-0.2, 0) is 19.1 Å². The van der Waals surface area contributed by atoms with Gasteiger partial charge in [-0.15, -0.1) is 0 Å². The molecular weight excluding hydrogens is 196 g/mol. The van der Waals surface area contributed by atoms with Gasteiger partial charge < -0.3 is 9.47 Å². The Labute approximate surface area is 89.9 Å². The van der Waals surface area contributed by atoms with Crippen molar-refractivity contribution < 1.29 is 19.1 Å². The van der Waals surface area contributed by atoms with Crippen LogP contribution in [0, 0.1) is 0 Å². The molecule has 0 N–H and O–H groups in total. The summed E-state index contributed by atoms with van der Waals surface area (Å²) in [6, 6.07) is 0. The van der Waals surface area contributed by atoms with Gasteiger partial charge >= 0.3 is 11.9 Å². The van der Waals surface area contributed by atoms with Gasteiger partial charge in [0.25, 0.3) is 0 Å². The average molecular weight is 214 g/mol. The maximum Gasteiger partial charge on any atom is 0.303 e. The summed E-state index contributed by atoms with van der Waals surface area (Å²) in [6.45, 7) is 4.59. The van der Waals surface area contributed by atoms with Crippen LogP contribution in [0.15, 0.2) is 0 Å². The molecule has 0 heterocycles. The van der Waals surface area contributed by atoms with Crippen molar-refractivity contribution in [2.45, 2.75) is 58.2 Å². The van der Waals surface area contributed by atoms with Crippen molar-refractivity contribution in [3.05, 3.63) is 0 Å². The third-order valence-corrected chi connectivity index (χ3v) is 2.76. The highest BCUT2D eigenvalue weighted by atomic mass is 16.6. The van der Waals surface area contributed by atoms with Crippen molar-refractivity contribution in [3.63, 3.8) is 0 Å². The van der Waals surface area contributed by atoms with Gasteiger partial charge in [-0.25, -0.2) is 0 Å². The van der Waals surface area contributed by atoms with Gasteiger partial charge in [0.1, 0.15) is 11.7 Å². The van der Waals surface area contributed by atoms with Crippen LogP contribution in [0.4, 0.5) is 0 Å². The Morgan fingerprint density at radius 1 is 1.20 bits per heavy atom. The highest BCUT2D eigenvalue weighted by molar-refractivity contribution is 5.67. The molecule has 1 aliphatic rings. The molecule has 1 aliphatic carbocycles. The molecule has 4 nitrogen and oxygen atoms in total. The van der Waals surface area contributed by atoms with Gasteiger partial charge in [-0.05, 0) is 32.6 Å². The Balaban J connectivity index is 2.71. The minimum atomic E-state index is -0.643. The third kappa shape index (κ3) is 3.22. The maximum absolute atomic E-state index is 11.0. The van der Waals surface area contributed by atoms with Crippen LogP contribution in [0.5, 0.6) is 0 Å². The molecule has 0 unspecified atom stereocenters. The zero-order valence-electron chi connectivity index (χ0n) is 9.54. The fourth-order valence-corrected chi connectivity index (χ4v) is 2.10. The second kappa shape index (κ2) is 4.64. The highest BCUT2D eigenvalue weighted by Gasteiger charge is 2.41. The molecule has 0 aromatic heterocycles. The fraction of sp³-hybridized carbons (Fsp3) is 0.818. The average Bonchev–Trinajstić information content (AvgIpc) is 2.07. The van der Waals surface area contributed by atoms with Gasteiger partial charge in [0.15, 0.2) is 0 Å². The number of hydrogen-bond acceptors (Lipinski definition) is 4. The van der Waals surface area contributed by atoms with Gasteiger partial charge in [0.05, 0.1) is 0 Å². The molecule has 1 saturated carbocycles. The van der Waals surface area contributed by atoms with Crippen LogP contribution < -0.4 is 0 Å². The van der Waals surface area contributed by atoms with Gasteiger partial charge in [-0.2, -0.15) is 0 Å². The Bertz CT molecular complexity index is 261. The lowest BCUT2D eigenvalue weighted by Gasteiger charge is -2.39. The summed E-state index contributed by atoms with van der Waals surface area (Å²) in [4.78, 5) is 21.9. The molecule has 1 rings (SSSR count). The van der Waals surface area contributed by atoms with Crippen LogP contribution in [0.25, 0.3) is 0 Å². The third-order valence-electron chi connectivity index (χ3n) is 2.76. The molecule has 0 saturated heterocycles. The highest BCUT2D eigenvalue weighted by Crippen LogP contribution is 2.33.